The van der Waals surface area contributed by atoms with Gasteiger partial charge in [0.15, 0.2) is 5.78 Å². The van der Waals surface area contributed by atoms with Crippen molar-refractivity contribution in [1.82, 2.24) is 9.88 Å². The topological polar surface area (TPSA) is 33.2 Å². The quantitative estimate of drug-likeness (QED) is 0.781. The molecule has 2 atom stereocenters. The van der Waals surface area contributed by atoms with E-state index < -0.39 is 0 Å². The van der Waals surface area contributed by atoms with Crippen LogP contribution in [0.15, 0.2) is 42.5 Å². The van der Waals surface area contributed by atoms with E-state index in [4.69, 9.17) is 0 Å². The van der Waals surface area contributed by atoms with E-state index in [-0.39, 0.29) is 5.92 Å². The summed E-state index contributed by atoms with van der Waals surface area (Å²) in [6.45, 7) is 4.95. The van der Waals surface area contributed by atoms with Gasteiger partial charge in [0.05, 0.1) is 0 Å². The molecule has 3 heterocycles. The van der Waals surface area contributed by atoms with Gasteiger partial charge in [-0.3, -0.25) is 14.7 Å². The Balaban J connectivity index is 1.48. The summed E-state index contributed by atoms with van der Waals surface area (Å²) in [6, 6.07) is 15.7. The molecule has 0 radical (unpaired) electrons. The molecule has 25 heavy (non-hydrogen) atoms. The van der Waals surface area contributed by atoms with E-state index in [2.05, 4.69) is 40.2 Å². The average Bonchev–Trinajstić information content (AvgIpc) is 2.82. The van der Waals surface area contributed by atoms with Crippen molar-refractivity contribution in [3.63, 3.8) is 0 Å². The van der Waals surface area contributed by atoms with Gasteiger partial charge >= 0.3 is 0 Å². The molecule has 1 aromatic heterocycles. The molecule has 2 bridgehead atoms. The molecule has 4 rings (SSSR count). The van der Waals surface area contributed by atoms with Crippen LogP contribution in [0.4, 0.5) is 0 Å². The van der Waals surface area contributed by atoms with Crippen LogP contribution in [0.1, 0.15) is 53.0 Å². The monoisotopic (exact) mass is 334 g/mol. The summed E-state index contributed by atoms with van der Waals surface area (Å²) in [7, 11) is 0. The summed E-state index contributed by atoms with van der Waals surface area (Å²) in [6.07, 6.45) is 4.47. The van der Waals surface area contributed by atoms with E-state index in [1.807, 2.05) is 26.0 Å². The highest BCUT2D eigenvalue weighted by atomic mass is 16.1. The molecule has 2 unspecified atom stereocenters. The predicted octanol–water partition coefficient (Wildman–Crippen LogP) is 4.32. The van der Waals surface area contributed by atoms with Crippen LogP contribution in [0.3, 0.4) is 0 Å². The zero-order valence-electron chi connectivity index (χ0n) is 15.1. The molecule has 2 aliphatic rings. The number of aromatic nitrogens is 1. The van der Waals surface area contributed by atoms with Gasteiger partial charge in [0.25, 0.3) is 0 Å². The molecule has 3 nitrogen and oxygen atoms in total. The number of piperidine rings is 1. The fraction of sp³-hybridized carbons (Fsp3) is 0.455. The summed E-state index contributed by atoms with van der Waals surface area (Å²) < 4.78 is 0. The third-order valence-corrected chi connectivity index (χ3v) is 5.83. The van der Waals surface area contributed by atoms with Gasteiger partial charge in [-0.05, 0) is 57.2 Å². The fourth-order valence-electron chi connectivity index (χ4n) is 4.75. The lowest BCUT2D eigenvalue weighted by Gasteiger charge is -2.38. The van der Waals surface area contributed by atoms with Crippen LogP contribution in [0, 0.1) is 19.8 Å². The first-order valence-corrected chi connectivity index (χ1v) is 9.39. The highest BCUT2D eigenvalue weighted by Gasteiger charge is 2.42. The maximum absolute atomic E-state index is 13.0. The number of Topliss-reactive ketones (excluding diaryl/α,β-unsaturated/α-hetero) is 1. The van der Waals surface area contributed by atoms with Crippen LogP contribution in [0.5, 0.6) is 0 Å². The highest BCUT2D eigenvalue weighted by Crippen LogP contribution is 2.40. The lowest BCUT2D eigenvalue weighted by molar-refractivity contribution is 0.0678. The summed E-state index contributed by atoms with van der Waals surface area (Å²) in [4.78, 5) is 20.1. The largest absolute Gasteiger partial charge is 0.294 e. The van der Waals surface area contributed by atoms with Crippen LogP contribution < -0.4 is 0 Å². The second kappa shape index (κ2) is 6.72. The summed E-state index contributed by atoms with van der Waals surface area (Å²) in [5.74, 6) is 0.496. The lowest BCUT2D eigenvalue weighted by Crippen LogP contribution is -2.44. The Morgan fingerprint density at radius 2 is 1.64 bits per heavy atom. The number of carbonyl (C=O) groups is 1. The Morgan fingerprint density at radius 1 is 1.04 bits per heavy atom. The number of hydrogen-bond donors (Lipinski definition) is 0. The number of pyridine rings is 1. The van der Waals surface area contributed by atoms with Gasteiger partial charge in [0.1, 0.15) is 0 Å². The van der Waals surface area contributed by atoms with Gasteiger partial charge in [-0.15, -0.1) is 0 Å². The average molecular weight is 334 g/mol. The van der Waals surface area contributed by atoms with Crippen LogP contribution >= 0.6 is 0 Å². The number of aryl methyl sites for hydroxylation is 2. The summed E-state index contributed by atoms with van der Waals surface area (Å²) in [5.41, 5.74) is 4.11. The molecule has 0 spiro atoms. The van der Waals surface area contributed by atoms with Gasteiger partial charge in [-0.1, -0.05) is 30.3 Å². The Labute approximate surface area is 150 Å². The maximum atomic E-state index is 13.0. The van der Waals surface area contributed by atoms with Crippen molar-refractivity contribution in [2.45, 2.75) is 58.2 Å². The molecule has 2 aromatic rings. The molecule has 130 valence electrons. The molecule has 0 aliphatic carbocycles. The van der Waals surface area contributed by atoms with E-state index in [1.54, 1.807) is 0 Å². The Hall–Kier alpha value is -2.00. The summed E-state index contributed by atoms with van der Waals surface area (Å²) >= 11 is 0. The third-order valence-electron chi connectivity index (χ3n) is 5.83. The molecular weight excluding hydrogens is 308 g/mol. The SMILES string of the molecule is Cc1cc(C(=O)C2CC3CCC(C2)N3Cc2ccccc2)cc(C)n1. The fourth-order valence-corrected chi connectivity index (χ4v) is 4.75. The zero-order chi connectivity index (χ0) is 17.4. The Bertz CT molecular complexity index is 737. The predicted molar refractivity (Wildman–Crippen MR) is 99.6 cm³/mol. The second-order valence-corrected chi connectivity index (χ2v) is 7.71. The Kier molecular flexibility index (Phi) is 4.43. The first-order valence-electron chi connectivity index (χ1n) is 9.39. The van der Waals surface area contributed by atoms with E-state index in [9.17, 15) is 4.79 Å². The van der Waals surface area contributed by atoms with E-state index in [0.717, 1.165) is 36.3 Å². The molecule has 2 aliphatic heterocycles. The second-order valence-electron chi connectivity index (χ2n) is 7.71. The third kappa shape index (κ3) is 3.38. The van der Waals surface area contributed by atoms with Crippen LogP contribution in [-0.2, 0) is 6.54 Å². The number of carbonyl (C=O) groups excluding carboxylic acids is 1. The number of ketones is 1. The summed E-state index contributed by atoms with van der Waals surface area (Å²) in [5, 5.41) is 0. The van der Waals surface area contributed by atoms with Crippen LogP contribution in [0.2, 0.25) is 0 Å². The molecule has 0 saturated carbocycles. The van der Waals surface area contributed by atoms with E-state index in [0.29, 0.717) is 17.9 Å². The lowest BCUT2D eigenvalue weighted by atomic mass is 9.84. The number of fused-ring (bicyclic) bond motifs is 2. The minimum atomic E-state index is 0.172. The molecule has 3 heteroatoms. The van der Waals surface area contributed by atoms with Crippen molar-refractivity contribution >= 4 is 5.78 Å². The van der Waals surface area contributed by atoms with Crippen molar-refractivity contribution < 1.29 is 4.79 Å². The number of hydrogen-bond acceptors (Lipinski definition) is 3. The molecule has 2 saturated heterocycles. The smallest absolute Gasteiger partial charge is 0.166 e. The van der Waals surface area contributed by atoms with Gasteiger partial charge in [0.2, 0.25) is 0 Å². The highest BCUT2D eigenvalue weighted by molar-refractivity contribution is 5.98. The normalized spacial score (nSPS) is 25.9. The minimum absolute atomic E-state index is 0.172. The first-order chi connectivity index (χ1) is 12.1. The number of nitrogens with zero attached hydrogens (tertiary/aromatic N) is 2. The number of benzene rings is 1. The van der Waals surface area contributed by atoms with Crippen LogP contribution in [0.25, 0.3) is 0 Å². The van der Waals surface area contributed by atoms with Crippen molar-refractivity contribution in [3.8, 4) is 0 Å². The maximum Gasteiger partial charge on any atom is 0.166 e. The van der Waals surface area contributed by atoms with Gasteiger partial charge in [-0.2, -0.15) is 0 Å². The van der Waals surface area contributed by atoms with E-state index >= 15 is 0 Å². The van der Waals surface area contributed by atoms with Crippen molar-refractivity contribution in [3.05, 3.63) is 65.0 Å². The van der Waals surface area contributed by atoms with Crippen molar-refractivity contribution in [2.75, 3.05) is 0 Å². The van der Waals surface area contributed by atoms with E-state index in [1.165, 1.54) is 18.4 Å². The molecule has 2 fully saturated rings. The molecule has 1 aromatic carbocycles. The molecule has 0 amide bonds. The van der Waals surface area contributed by atoms with Crippen molar-refractivity contribution in [1.29, 1.82) is 0 Å². The van der Waals surface area contributed by atoms with Crippen LogP contribution in [-0.4, -0.2) is 27.8 Å². The minimum Gasteiger partial charge on any atom is -0.294 e. The first kappa shape index (κ1) is 16.5. The van der Waals surface area contributed by atoms with Crippen molar-refractivity contribution in [2.24, 2.45) is 5.92 Å². The Morgan fingerprint density at radius 3 is 2.24 bits per heavy atom. The van der Waals surface area contributed by atoms with Gasteiger partial charge in [0, 0.05) is 41.5 Å². The number of rotatable bonds is 4. The molecular formula is C22H26N2O. The van der Waals surface area contributed by atoms with Gasteiger partial charge < -0.3 is 0 Å². The van der Waals surface area contributed by atoms with Gasteiger partial charge in [-0.25, -0.2) is 0 Å². The standard InChI is InChI=1S/C22H26N2O/c1-15-10-18(11-16(2)23-15)22(25)19-12-20-8-9-21(13-19)24(20)14-17-6-4-3-5-7-17/h3-7,10-11,19-21H,8-9,12-14H2,1-2H3. The molecule has 0 N–H and O–H groups in total. The zero-order valence-corrected chi connectivity index (χ0v) is 15.1.